The van der Waals surface area contributed by atoms with Gasteiger partial charge in [0.05, 0.1) is 6.61 Å². The van der Waals surface area contributed by atoms with Crippen molar-refractivity contribution >= 4 is 11.8 Å². The van der Waals surface area contributed by atoms with E-state index in [1.165, 1.54) is 5.56 Å². The van der Waals surface area contributed by atoms with E-state index in [4.69, 9.17) is 9.84 Å². The van der Waals surface area contributed by atoms with Gasteiger partial charge in [0.25, 0.3) is 0 Å². The highest BCUT2D eigenvalue weighted by Crippen LogP contribution is 2.40. The van der Waals surface area contributed by atoms with Crippen molar-refractivity contribution in [2.24, 2.45) is 0 Å². The van der Waals surface area contributed by atoms with Crippen LogP contribution < -0.4 is 10.1 Å². The SMILES string of the molecule is C=C(CNc1nc(-c2ccc(C(C)C)cc2)c2c(c1C#N)CCO2)C(=O)O. The number of nitrogens with zero attached hydrogens (tertiary/aromatic N) is 2. The lowest BCUT2D eigenvalue weighted by molar-refractivity contribution is -0.132. The lowest BCUT2D eigenvalue weighted by Gasteiger charge is -2.15. The molecule has 1 aromatic carbocycles. The third kappa shape index (κ3) is 3.63. The Kier molecular flexibility index (Phi) is 5.13. The van der Waals surface area contributed by atoms with Crippen LogP contribution in [0.1, 0.15) is 36.5 Å². The molecule has 0 spiro atoms. The number of anilines is 1. The molecule has 2 N–H and O–H groups in total. The zero-order valence-corrected chi connectivity index (χ0v) is 15.4. The normalized spacial score (nSPS) is 12.2. The largest absolute Gasteiger partial charge is 0.491 e. The summed E-state index contributed by atoms with van der Waals surface area (Å²) in [6.07, 6.45) is 0.617. The summed E-state index contributed by atoms with van der Waals surface area (Å²) in [7, 11) is 0. The van der Waals surface area contributed by atoms with E-state index in [0.29, 0.717) is 41.8 Å². The number of hydrogen-bond acceptors (Lipinski definition) is 5. The summed E-state index contributed by atoms with van der Waals surface area (Å²) in [5.74, 6) is 0.322. The highest BCUT2D eigenvalue weighted by molar-refractivity contribution is 5.87. The van der Waals surface area contributed by atoms with Crippen molar-refractivity contribution < 1.29 is 14.6 Å². The van der Waals surface area contributed by atoms with Gasteiger partial charge in [-0.1, -0.05) is 44.7 Å². The summed E-state index contributed by atoms with van der Waals surface area (Å²) < 4.78 is 5.77. The van der Waals surface area contributed by atoms with Crippen molar-refractivity contribution in [1.82, 2.24) is 4.98 Å². The number of pyridine rings is 1. The van der Waals surface area contributed by atoms with Crippen LogP contribution in [0.5, 0.6) is 5.75 Å². The van der Waals surface area contributed by atoms with Gasteiger partial charge in [-0.25, -0.2) is 9.78 Å². The molecule has 6 heteroatoms. The van der Waals surface area contributed by atoms with Gasteiger partial charge >= 0.3 is 5.97 Å². The van der Waals surface area contributed by atoms with Crippen LogP contribution in [0.3, 0.4) is 0 Å². The van der Waals surface area contributed by atoms with E-state index in [2.05, 4.69) is 48.9 Å². The van der Waals surface area contributed by atoms with E-state index in [1.54, 1.807) is 0 Å². The Hall–Kier alpha value is -3.33. The third-order valence-corrected chi connectivity index (χ3v) is 4.58. The molecule has 0 radical (unpaired) electrons. The minimum Gasteiger partial charge on any atom is -0.491 e. The molecule has 0 aliphatic carbocycles. The van der Waals surface area contributed by atoms with E-state index < -0.39 is 5.97 Å². The molecule has 0 fully saturated rings. The highest BCUT2D eigenvalue weighted by atomic mass is 16.5. The first-order chi connectivity index (χ1) is 12.9. The Labute approximate surface area is 158 Å². The minimum atomic E-state index is -1.09. The summed E-state index contributed by atoms with van der Waals surface area (Å²) in [5.41, 5.74) is 3.96. The number of fused-ring (bicyclic) bond motifs is 1. The van der Waals surface area contributed by atoms with Gasteiger partial charge in [-0.05, 0) is 11.5 Å². The maximum Gasteiger partial charge on any atom is 0.332 e. The predicted molar refractivity (Wildman–Crippen MR) is 103 cm³/mol. The Morgan fingerprint density at radius 2 is 2.11 bits per heavy atom. The fraction of sp³-hybridized carbons (Fsp3) is 0.286. The summed E-state index contributed by atoms with van der Waals surface area (Å²) in [4.78, 5) is 15.6. The van der Waals surface area contributed by atoms with Gasteiger partial charge in [-0.2, -0.15) is 5.26 Å². The van der Waals surface area contributed by atoms with E-state index in [1.807, 2.05) is 12.1 Å². The number of rotatable bonds is 6. The zero-order valence-electron chi connectivity index (χ0n) is 15.4. The van der Waals surface area contributed by atoms with Crippen LogP contribution in [0.4, 0.5) is 5.82 Å². The van der Waals surface area contributed by atoms with Crippen LogP contribution >= 0.6 is 0 Å². The molecule has 1 aliphatic rings. The molecule has 3 rings (SSSR count). The molecular weight excluding hydrogens is 342 g/mol. The Bertz CT molecular complexity index is 941. The second kappa shape index (κ2) is 7.50. The van der Waals surface area contributed by atoms with E-state index in [-0.39, 0.29) is 12.1 Å². The van der Waals surface area contributed by atoms with Gasteiger partial charge in [0, 0.05) is 29.7 Å². The Morgan fingerprint density at radius 3 is 2.70 bits per heavy atom. The van der Waals surface area contributed by atoms with Crippen molar-refractivity contribution in [1.29, 1.82) is 5.26 Å². The zero-order chi connectivity index (χ0) is 19.6. The number of aromatic nitrogens is 1. The molecule has 6 nitrogen and oxygen atoms in total. The number of carbonyl (C=O) groups is 1. The molecule has 1 aromatic heterocycles. The fourth-order valence-corrected chi connectivity index (χ4v) is 3.00. The monoisotopic (exact) mass is 363 g/mol. The number of carboxylic acid groups (broad SMARTS) is 1. The number of nitriles is 1. The number of hydrogen-bond donors (Lipinski definition) is 2. The van der Waals surface area contributed by atoms with Gasteiger partial charge in [0.1, 0.15) is 28.9 Å². The van der Waals surface area contributed by atoms with Crippen LogP contribution in [0.2, 0.25) is 0 Å². The minimum absolute atomic E-state index is 0.000254. The standard InChI is InChI=1S/C21H21N3O3/c1-12(2)14-4-6-15(7-5-14)18-19-16(8-9-27-19)17(10-22)20(24-18)23-11-13(3)21(25)26/h4-7,12H,3,8-9,11H2,1-2H3,(H,23,24)(H,25,26). The Balaban J connectivity index is 2.05. The third-order valence-electron chi connectivity index (χ3n) is 4.58. The first-order valence-corrected chi connectivity index (χ1v) is 8.77. The fourth-order valence-electron chi connectivity index (χ4n) is 3.00. The van der Waals surface area contributed by atoms with Gasteiger partial charge in [0.2, 0.25) is 0 Å². The molecule has 2 heterocycles. The van der Waals surface area contributed by atoms with Crippen LogP contribution in [-0.2, 0) is 11.2 Å². The molecule has 0 bridgehead atoms. The maximum absolute atomic E-state index is 11.0. The molecular formula is C21H21N3O3. The second-order valence-corrected chi connectivity index (χ2v) is 6.74. The van der Waals surface area contributed by atoms with Gasteiger partial charge < -0.3 is 15.2 Å². The van der Waals surface area contributed by atoms with Crippen molar-refractivity contribution in [3.05, 3.63) is 53.1 Å². The van der Waals surface area contributed by atoms with Crippen LogP contribution in [0.15, 0.2) is 36.4 Å². The summed E-state index contributed by atoms with van der Waals surface area (Å²) in [6.45, 7) is 8.27. The summed E-state index contributed by atoms with van der Waals surface area (Å²) >= 11 is 0. The number of ether oxygens (including phenoxy) is 1. The summed E-state index contributed by atoms with van der Waals surface area (Å²) in [5, 5.41) is 21.5. The molecule has 0 saturated heterocycles. The molecule has 1 aliphatic heterocycles. The van der Waals surface area contributed by atoms with Crippen molar-refractivity contribution in [2.75, 3.05) is 18.5 Å². The topological polar surface area (TPSA) is 95.2 Å². The summed E-state index contributed by atoms with van der Waals surface area (Å²) in [6, 6.07) is 10.3. The Morgan fingerprint density at radius 1 is 1.41 bits per heavy atom. The van der Waals surface area contributed by atoms with E-state index in [9.17, 15) is 10.1 Å². The first kappa shape index (κ1) is 18.5. The molecule has 27 heavy (non-hydrogen) atoms. The quantitative estimate of drug-likeness (QED) is 0.759. The molecule has 0 atom stereocenters. The lowest BCUT2D eigenvalue weighted by Crippen LogP contribution is -2.13. The van der Waals surface area contributed by atoms with Gasteiger partial charge in [-0.3, -0.25) is 0 Å². The predicted octanol–water partition coefficient (Wildman–Crippen LogP) is 3.73. The molecule has 0 amide bonds. The highest BCUT2D eigenvalue weighted by Gasteiger charge is 2.26. The second-order valence-electron chi connectivity index (χ2n) is 6.74. The maximum atomic E-state index is 11.0. The average molecular weight is 363 g/mol. The number of carboxylic acids is 1. The molecule has 2 aromatic rings. The van der Waals surface area contributed by atoms with Crippen LogP contribution in [0, 0.1) is 11.3 Å². The molecule has 138 valence electrons. The van der Waals surface area contributed by atoms with Gasteiger partial charge in [-0.15, -0.1) is 0 Å². The molecule has 0 unspecified atom stereocenters. The number of aliphatic carboxylic acids is 1. The van der Waals surface area contributed by atoms with E-state index >= 15 is 0 Å². The molecule has 0 saturated carbocycles. The van der Waals surface area contributed by atoms with Gasteiger partial charge in [0.15, 0.2) is 0 Å². The van der Waals surface area contributed by atoms with Crippen LogP contribution in [0.25, 0.3) is 11.3 Å². The van der Waals surface area contributed by atoms with Crippen molar-refractivity contribution in [3.8, 4) is 23.1 Å². The van der Waals surface area contributed by atoms with Crippen LogP contribution in [-0.4, -0.2) is 29.2 Å². The van der Waals surface area contributed by atoms with E-state index in [0.717, 1.165) is 11.1 Å². The number of nitrogens with one attached hydrogen (secondary N) is 1. The van der Waals surface area contributed by atoms with Crippen molar-refractivity contribution in [3.63, 3.8) is 0 Å². The average Bonchev–Trinajstić information content (AvgIpc) is 3.14. The first-order valence-electron chi connectivity index (χ1n) is 8.77. The smallest absolute Gasteiger partial charge is 0.332 e. The lowest BCUT2D eigenvalue weighted by atomic mass is 9.98. The van der Waals surface area contributed by atoms with Crippen molar-refractivity contribution in [2.45, 2.75) is 26.2 Å². The number of benzene rings is 1.